The van der Waals surface area contributed by atoms with Gasteiger partial charge in [-0.15, -0.1) is 0 Å². The van der Waals surface area contributed by atoms with E-state index in [1.807, 2.05) is 31.2 Å². The third-order valence-corrected chi connectivity index (χ3v) is 3.66. The molecule has 1 aromatic heterocycles. The van der Waals surface area contributed by atoms with Gasteiger partial charge in [-0.25, -0.2) is 4.98 Å². The number of aromatic amines is 1. The lowest BCUT2D eigenvalue weighted by atomic mass is 10.1. The first-order valence-electron chi connectivity index (χ1n) is 7.47. The highest BCUT2D eigenvalue weighted by molar-refractivity contribution is 5.77. The van der Waals surface area contributed by atoms with E-state index in [0.29, 0.717) is 13.2 Å². The van der Waals surface area contributed by atoms with E-state index in [-0.39, 0.29) is 0 Å². The minimum atomic E-state index is 0.417. The van der Waals surface area contributed by atoms with Crippen LogP contribution < -0.4 is 9.47 Å². The number of aromatic nitrogens is 2. The largest absolute Gasteiger partial charge is 0.494 e. The zero-order valence-corrected chi connectivity index (χ0v) is 13.1. The second-order valence-corrected chi connectivity index (χ2v) is 5.33. The number of aryl methyl sites for hydroxylation is 2. The van der Waals surface area contributed by atoms with Crippen molar-refractivity contribution in [1.29, 1.82) is 0 Å². The van der Waals surface area contributed by atoms with E-state index in [2.05, 4.69) is 35.9 Å². The minimum absolute atomic E-state index is 0.417. The molecule has 0 saturated heterocycles. The first-order valence-corrected chi connectivity index (χ1v) is 7.47. The van der Waals surface area contributed by atoms with Crippen molar-refractivity contribution in [3.05, 3.63) is 53.3 Å². The number of fused-ring (bicyclic) bond motifs is 1. The van der Waals surface area contributed by atoms with Crippen LogP contribution >= 0.6 is 0 Å². The Morgan fingerprint density at radius 3 is 2.27 bits per heavy atom. The second-order valence-electron chi connectivity index (χ2n) is 5.33. The van der Waals surface area contributed by atoms with Crippen LogP contribution in [0.5, 0.6) is 11.5 Å². The molecule has 0 fully saturated rings. The minimum Gasteiger partial charge on any atom is -0.494 e. The van der Waals surface area contributed by atoms with Gasteiger partial charge in [0.15, 0.2) is 0 Å². The third kappa shape index (κ3) is 3.06. The highest BCUT2D eigenvalue weighted by Gasteiger charge is 2.05. The lowest BCUT2D eigenvalue weighted by molar-refractivity contribution is 0.296. The zero-order valence-electron chi connectivity index (χ0n) is 13.1. The number of imidazole rings is 1. The number of benzene rings is 2. The van der Waals surface area contributed by atoms with E-state index in [4.69, 9.17) is 9.47 Å². The molecule has 3 rings (SSSR count). The number of nitrogens with one attached hydrogen (secondary N) is 1. The molecular formula is C18H20N2O2. The summed E-state index contributed by atoms with van der Waals surface area (Å²) in [6, 6.07) is 11.8. The molecule has 0 spiro atoms. The molecule has 22 heavy (non-hydrogen) atoms. The molecule has 3 aromatic rings. The van der Waals surface area contributed by atoms with E-state index in [1.165, 1.54) is 11.1 Å². The van der Waals surface area contributed by atoms with Crippen molar-refractivity contribution in [1.82, 2.24) is 9.97 Å². The van der Waals surface area contributed by atoms with Gasteiger partial charge in [-0.05, 0) is 68.3 Å². The van der Waals surface area contributed by atoms with Crippen molar-refractivity contribution in [2.45, 2.75) is 27.4 Å². The summed E-state index contributed by atoms with van der Waals surface area (Å²) in [5.41, 5.74) is 4.54. The maximum Gasteiger partial charge on any atom is 0.146 e. The van der Waals surface area contributed by atoms with Gasteiger partial charge in [0, 0.05) is 0 Å². The van der Waals surface area contributed by atoms with Crippen molar-refractivity contribution in [3.63, 3.8) is 0 Å². The van der Waals surface area contributed by atoms with Gasteiger partial charge in [0.1, 0.15) is 23.9 Å². The van der Waals surface area contributed by atoms with Gasteiger partial charge in [-0.3, -0.25) is 0 Å². The molecule has 0 radical (unpaired) electrons. The number of H-pyrrole nitrogens is 1. The van der Waals surface area contributed by atoms with Crippen molar-refractivity contribution < 1.29 is 9.47 Å². The van der Waals surface area contributed by atoms with Gasteiger partial charge < -0.3 is 14.5 Å². The summed E-state index contributed by atoms with van der Waals surface area (Å²) in [7, 11) is 0. The molecule has 0 atom stereocenters. The summed E-state index contributed by atoms with van der Waals surface area (Å²) < 4.78 is 11.2. The lowest BCUT2D eigenvalue weighted by Crippen LogP contribution is -1.97. The van der Waals surface area contributed by atoms with Crippen LogP contribution in [-0.4, -0.2) is 16.6 Å². The molecule has 1 N–H and O–H groups in total. The van der Waals surface area contributed by atoms with E-state index in [1.54, 1.807) is 0 Å². The van der Waals surface area contributed by atoms with Crippen molar-refractivity contribution in [3.8, 4) is 11.5 Å². The first kappa shape index (κ1) is 14.4. The average Bonchev–Trinajstić information content (AvgIpc) is 2.89. The zero-order chi connectivity index (χ0) is 15.5. The molecule has 0 aliphatic carbocycles. The Labute approximate surface area is 130 Å². The van der Waals surface area contributed by atoms with E-state index in [0.717, 1.165) is 28.4 Å². The first-order chi connectivity index (χ1) is 10.7. The Hall–Kier alpha value is -2.49. The van der Waals surface area contributed by atoms with Gasteiger partial charge >= 0.3 is 0 Å². The van der Waals surface area contributed by atoms with Gasteiger partial charge in [0.2, 0.25) is 0 Å². The van der Waals surface area contributed by atoms with Crippen LogP contribution in [0.4, 0.5) is 0 Å². The molecule has 1 heterocycles. The summed E-state index contributed by atoms with van der Waals surface area (Å²) in [6.45, 7) is 7.25. The number of hydrogen-bond acceptors (Lipinski definition) is 3. The Bertz CT molecular complexity index is 737. The Morgan fingerprint density at radius 2 is 1.59 bits per heavy atom. The summed E-state index contributed by atoms with van der Waals surface area (Å²) in [5, 5.41) is 0. The SMILES string of the molecule is CCOc1ccc(OCc2nc3cc(C)c(C)cc3[nH]2)cc1. The predicted octanol–water partition coefficient (Wildman–Crippen LogP) is 4.16. The van der Waals surface area contributed by atoms with Gasteiger partial charge in [0.25, 0.3) is 0 Å². The van der Waals surface area contributed by atoms with Crippen LogP contribution in [0.15, 0.2) is 36.4 Å². The van der Waals surface area contributed by atoms with Crippen molar-refractivity contribution >= 4 is 11.0 Å². The quantitative estimate of drug-likeness (QED) is 0.769. The average molecular weight is 296 g/mol. The van der Waals surface area contributed by atoms with Crippen molar-refractivity contribution in [2.24, 2.45) is 0 Å². The maximum absolute atomic E-state index is 5.77. The number of ether oxygens (including phenoxy) is 2. The van der Waals surface area contributed by atoms with Crippen LogP contribution in [0, 0.1) is 13.8 Å². The molecule has 0 saturated carbocycles. The molecular weight excluding hydrogens is 276 g/mol. The maximum atomic E-state index is 5.77. The number of nitrogens with zero attached hydrogens (tertiary/aromatic N) is 1. The van der Waals surface area contributed by atoms with Crippen LogP contribution in [0.1, 0.15) is 23.9 Å². The third-order valence-electron chi connectivity index (χ3n) is 3.66. The Kier molecular flexibility index (Phi) is 4.00. The topological polar surface area (TPSA) is 47.1 Å². The summed E-state index contributed by atoms with van der Waals surface area (Å²) >= 11 is 0. The molecule has 4 heteroatoms. The normalized spacial score (nSPS) is 10.9. The van der Waals surface area contributed by atoms with Crippen molar-refractivity contribution in [2.75, 3.05) is 6.61 Å². The number of rotatable bonds is 5. The molecule has 0 bridgehead atoms. The fourth-order valence-corrected chi connectivity index (χ4v) is 2.34. The van der Waals surface area contributed by atoms with Gasteiger partial charge in [0.05, 0.1) is 17.6 Å². The molecule has 2 aromatic carbocycles. The number of hydrogen-bond donors (Lipinski definition) is 1. The van der Waals surface area contributed by atoms with E-state index < -0.39 is 0 Å². The second kappa shape index (κ2) is 6.10. The molecule has 0 aliphatic heterocycles. The summed E-state index contributed by atoms with van der Waals surface area (Å²) in [4.78, 5) is 7.88. The Morgan fingerprint density at radius 1 is 0.955 bits per heavy atom. The smallest absolute Gasteiger partial charge is 0.146 e. The molecule has 114 valence electrons. The van der Waals surface area contributed by atoms with Crippen LogP contribution in [0.25, 0.3) is 11.0 Å². The monoisotopic (exact) mass is 296 g/mol. The van der Waals surface area contributed by atoms with Crippen LogP contribution in [0.2, 0.25) is 0 Å². The molecule has 0 aliphatic rings. The van der Waals surface area contributed by atoms with E-state index in [9.17, 15) is 0 Å². The predicted molar refractivity (Wildman–Crippen MR) is 87.5 cm³/mol. The highest BCUT2D eigenvalue weighted by Crippen LogP contribution is 2.20. The van der Waals surface area contributed by atoms with Crippen LogP contribution in [-0.2, 0) is 6.61 Å². The van der Waals surface area contributed by atoms with Gasteiger partial charge in [-0.1, -0.05) is 0 Å². The Balaban J connectivity index is 1.70. The molecule has 0 unspecified atom stereocenters. The standard InChI is InChI=1S/C18H20N2O2/c1-4-21-14-5-7-15(8-6-14)22-11-18-19-16-9-12(2)13(3)10-17(16)20-18/h5-10H,4,11H2,1-3H3,(H,19,20). The molecule has 0 amide bonds. The van der Waals surface area contributed by atoms with Crippen LogP contribution in [0.3, 0.4) is 0 Å². The highest BCUT2D eigenvalue weighted by atomic mass is 16.5. The lowest BCUT2D eigenvalue weighted by Gasteiger charge is -2.06. The fraction of sp³-hybridized carbons (Fsp3) is 0.278. The summed E-state index contributed by atoms with van der Waals surface area (Å²) in [5.74, 6) is 2.48. The fourth-order valence-electron chi connectivity index (χ4n) is 2.34. The van der Waals surface area contributed by atoms with Gasteiger partial charge in [-0.2, -0.15) is 0 Å². The van der Waals surface area contributed by atoms with E-state index >= 15 is 0 Å². The summed E-state index contributed by atoms with van der Waals surface area (Å²) in [6.07, 6.45) is 0. The molecule has 4 nitrogen and oxygen atoms in total.